The molecule has 5 nitrogen and oxygen atoms in total. The van der Waals surface area contributed by atoms with Crippen LogP contribution in [-0.4, -0.2) is 22.2 Å². The SMILES string of the molecule is Cc1cc(NC(=O)C[C@H]2CC[C@H]3[C@@H]4CC[C@H]5NC(=O)C=C[C@]5(C)[C@H]4CC[C@]23C)ns1. The molecule has 3 saturated carbocycles. The summed E-state index contributed by atoms with van der Waals surface area (Å²) in [4.78, 5) is 25.8. The summed E-state index contributed by atoms with van der Waals surface area (Å²) in [6.45, 7) is 6.83. The number of carbonyl (C=O) groups excluding carboxylic acids is 2. The lowest BCUT2D eigenvalue weighted by molar-refractivity contribution is -0.123. The van der Waals surface area contributed by atoms with Gasteiger partial charge in [0.15, 0.2) is 0 Å². The maximum absolute atomic E-state index is 12.8. The molecule has 0 bridgehead atoms. The molecule has 7 atom stereocenters. The minimum Gasteiger partial charge on any atom is -0.349 e. The number of amides is 2. The van der Waals surface area contributed by atoms with Gasteiger partial charge in [-0.1, -0.05) is 19.9 Å². The van der Waals surface area contributed by atoms with Crippen LogP contribution in [0.15, 0.2) is 18.2 Å². The highest BCUT2D eigenvalue weighted by Crippen LogP contribution is 2.65. The molecule has 1 aliphatic heterocycles. The van der Waals surface area contributed by atoms with Crippen LogP contribution in [0.4, 0.5) is 5.82 Å². The summed E-state index contributed by atoms with van der Waals surface area (Å²) in [7, 11) is 0. The van der Waals surface area contributed by atoms with Crippen molar-refractivity contribution in [1.82, 2.24) is 9.69 Å². The second-order valence-electron chi connectivity index (χ2n) is 10.6. The van der Waals surface area contributed by atoms with E-state index in [0.29, 0.717) is 35.9 Å². The molecular formula is C24H33N3O2S. The van der Waals surface area contributed by atoms with Gasteiger partial charge in [0, 0.05) is 22.8 Å². The van der Waals surface area contributed by atoms with Crippen molar-refractivity contribution in [2.75, 3.05) is 5.32 Å². The number of nitrogens with one attached hydrogen (secondary N) is 2. The van der Waals surface area contributed by atoms with E-state index in [1.54, 1.807) is 6.08 Å². The van der Waals surface area contributed by atoms with Crippen molar-refractivity contribution in [3.05, 3.63) is 23.1 Å². The fourth-order valence-electron chi connectivity index (χ4n) is 7.62. The van der Waals surface area contributed by atoms with Gasteiger partial charge >= 0.3 is 0 Å². The molecule has 0 spiro atoms. The molecule has 0 unspecified atom stereocenters. The van der Waals surface area contributed by atoms with E-state index < -0.39 is 0 Å². The third-order valence-corrected chi connectivity index (χ3v) is 9.90. The zero-order chi connectivity index (χ0) is 21.1. The topological polar surface area (TPSA) is 71.1 Å². The van der Waals surface area contributed by atoms with Crippen molar-refractivity contribution in [3.63, 3.8) is 0 Å². The third kappa shape index (κ3) is 3.14. The van der Waals surface area contributed by atoms with Crippen LogP contribution in [0.3, 0.4) is 0 Å². The van der Waals surface area contributed by atoms with Gasteiger partial charge in [-0.15, -0.1) is 0 Å². The number of aromatic nitrogens is 1. The van der Waals surface area contributed by atoms with Crippen LogP contribution in [0.2, 0.25) is 0 Å². The Hall–Kier alpha value is -1.69. The van der Waals surface area contributed by atoms with E-state index in [4.69, 9.17) is 0 Å². The summed E-state index contributed by atoms with van der Waals surface area (Å²) >= 11 is 1.43. The number of aryl methyl sites for hydroxylation is 1. The van der Waals surface area contributed by atoms with E-state index in [9.17, 15) is 9.59 Å². The average molecular weight is 428 g/mol. The molecule has 6 heteroatoms. The first kappa shape index (κ1) is 20.2. The van der Waals surface area contributed by atoms with Crippen molar-refractivity contribution in [2.24, 2.45) is 34.5 Å². The first-order valence-electron chi connectivity index (χ1n) is 11.5. The molecule has 3 aliphatic carbocycles. The lowest BCUT2D eigenvalue weighted by Gasteiger charge is -2.59. The minimum absolute atomic E-state index is 0.0684. The Bertz CT molecular complexity index is 895. The van der Waals surface area contributed by atoms with Crippen LogP contribution >= 0.6 is 11.5 Å². The number of fused-ring (bicyclic) bond motifs is 5. The van der Waals surface area contributed by atoms with Gasteiger partial charge in [-0.3, -0.25) is 9.59 Å². The normalized spacial score (nSPS) is 42.1. The fourth-order valence-corrected chi connectivity index (χ4v) is 8.13. The lowest BCUT2D eigenvalue weighted by Crippen LogP contribution is -2.59. The molecule has 1 aromatic heterocycles. The molecule has 162 valence electrons. The highest BCUT2D eigenvalue weighted by Gasteiger charge is 2.59. The molecule has 1 aromatic rings. The maximum Gasteiger partial charge on any atom is 0.243 e. The van der Waals surface area contributed by atoms with Gasteiger partial charge in [0.05, 0.1) is 0 Å². The second kappa shape index (κ2) is 7.18. The van der Waals surface area contributed by atoms with Gasteiger partial charge in [-0.2, -0.15) is 4.37 Å². The van der Waals surface area contributed by atoms with Crippen LogP contribution < -0.4 is 10.6 Å². The van der Waals surface area contributed by atoms with E-state index in [0.717, 1.165) is 17.7 Å². The molecule has 4 aliphatic rings. The van der Waals surface area contributed by atoms with Gasteiger partial charge in [0.1, 0.15) is 5.82 Å². The largest absolute Gasteiger partial charge is 0.349 e. The van der Waals surface area contributed by atoms with Crippen LogP contribution in [-0.2, 0) is 9.59 Å². The Balaban J connectivity index is 1.31. The number of carbonyl (C=O) groups is 2. The Kier molecular flexibility index (Phi) is 4.84. The molecule has 3 fully saturated rings. The standard InChI is InChI=1S/C24H33N3O2S/c1-14-12-20(27-30-14)26-22(29)13-15-4-6-17-16-5-7-19-24(3,11-9-21(28)25-19)18(16)8-10-23(15,17)2/h9,11-12,15-19H,4-8,10,13H2,1-3H3,(H,25,28)(H,26,27,29)/t15-,16+,17+,18+,19-,23-,24-/m1/s1. The summed E-state index contributed by atoms with van der Waals surface area (Å²) in [5, 5.41) is 6.25. The van der Waals surface area contributed by atoms with Crippen LogP contribution in [0.25, 0.3) is 0 Å². The maximum atomic E-state index is 12.8. The van der Waals surface area contributed by atoms with Gasteiger partial charge in [0.2, 0.25) is 11.8 Å². The molecule has 2 amide bonds. The Labute approximate surface area is 183 Å². The van der Waals surface area contributed by atoms with Gasteiger partial charge in [0.25, 0.3) is 0 Å². The lowest BCUT2D eigenvalue weighted by atomic mass is 9.48. The molecular weight excluding hydrogens is 394 g/mol. The van der Waals surface area contributed by atoms with Crippen molar-refractivity contribution >= 4 is 29.2 Å². The molecule has 0 saturated heterocycles. The molecule has 2 heterocycles. The minimum atomic E-state index is 0.0684. The molecule has 30 heavy (non-hydrogen) atoms. The second-order valence-corrected chi connectivity index (χ2v) is 11.6. The highest BCUT2D eigenvalue weighted by molar-refractivity contribution is 7.06. The van der Waals surface area contributed by atoms with Gasteiger partial charge < -0.3 is 10.6 Å². The molecule has 5 rings (SSSR count). The van der Waals surface area contributed by atoms with Crippen molar-refractivity contribution in [3.8, 4) is 0 Å². The van der Waals surface area contributed by atoms with E-state index in [1.807, 2.05) is 13.0 Å². The monoisotopic (exact) mass is 427 g/mol. The number of nitrogens with zero attached hydrogens (tertiary/aromatic N) is 1. The third-order valence-electron chi connectivity index (χ3n) is 9.21. The summed E-state index contributed by atoms with van der Waals surface area (Å²) in [5.41, 5.74) is 0.331. The first-order chi connectivity index (χ1) is 14.3. The predicted octanol–water partition coefficient (Wildman–Crippen LogP) is 4.69. The van der Waals surface area contributed by atoms with E-state index in [2.05, 4.69) is 34.9 Å². The van der Waals surface area contributed by atoms with Crippen molar-refractivity contribution in [2.45, 2.75) is 71.8 Å². The first-order valence-corrected chi connectivity index (χ1v) is 12.3. The zero-order valence-corrected chi connectivity index (χ0v) is 19.1. The quantitative estimate of drug-likeness (QED) is 0.735. The van der Waals surface area contributed by atoms with Gasteiger partial charge in [-0.05, 0) is 98.2 Å². The summed E-state index contributed by atoms with van der Waals surface area (Å²) in [6.07, 6.45) is 11.6. The number of hydrogen-bond donors (Lipinski definition) is 2. The number of rotatable bonds is 3. The predicted molar refractivity (Wildman–Crippen MR) is 119 cm³/mol. The number of hydrogen-bond acceptors (Lipinski definition) is 4. The van der Waals surface area contributed by atoms with E-state index in [-0.39, 0.29) is 28.7 Å². The van der Waals surface area contributed by atoms with Crippen LogP contribution in [0.5, 0.6) is 0 Å². The summed E-state index contributed by atoms with van der Waals surface area (Å²) in [6, 6.07) is 2.23. The highest BCUT2D eigenvalue weighted by atomic mass is 32.1. The fraction of sp³-hybridized carbons (Fsp3) is 0.708. The van der Waals surface area contributed by atoms with E-state index >= 15 is 0 Å². The van der Waals surface area contributed by atoms with E-state index in [1.165, 1.54) is 37.2 Å². The van der Waals surface area contributed by atoms with Crippen LogP contribution in [0.1, 0.15) is 63.7 Å². The molecule has 2 N–H and O–H groups in total. The van der Waals surface area contributed by atoms with Crippen molar-refractivity contribution in [1.29, 1.82) is 0 Å². The summed E-state index contributed by atoms with van der Waals surface area (Å²) in [5.74, 6) is 3.37. The van der Waals surface area contributed by atoms with Gasteiger partial charge in [-0.25, -0.2) is 0 Å². The Morgan fingerprint density at radius 1 is 1.23 bits per heavy atom. The smallest absolute Gasteiger partial charge is 0.243 e. The van der Waals surface area contributed by atoms with Crippen LogP contribution in [0, 0.1) is 41.4 Å². The average Bonchev–Trinajstić information content (AvgIpc) is 3.25. The number of anilines is 1. The summed E-state index contributed by atoms with van der Waals surface area (Å²) < 4.78 is 4.31. The zero-order valence-electron chi connectivity index (χ0n) is 18.2. The molecule has 0 aromatic carbocycles. The Morgan fingerprint density at radius 2 is 2.07 bits per heavy atom. The Morgan fingerprint density at radius 3 is 2.83 bits per heavy atom. The molecule has 0 radical (unpaired) electrons. The van der Waals surface area contributed by atoms with Crippen molar-refractivity contribution < 1.29 is 9.59 Å².